The number of ether oxygens (including phenoxy) is 1. The van der Waals surface area contributed by atoms with Crippen molar-refractivity contribution in [3.8, 4) is 6.07 Å². The number of Topliss-reactive ketones (excluding diaryl/α,β-unsaturated/α-hetero) is 1. The van der Waals surface area contributed by atoms with Gasteiger partial charge in [-0.3, -0.25) is 4.79 Å². The van der Waals surface area contributed by atoms with Gasteiger partial charge in [-0.15, -0.1) is 11.3 Å². The van der Waals surface area contributed by atoms with Gasteiger partial charge in [-0.2, -0.15) is 5.26 Å². The lowest BCUT2D eigenvalue weighted by Crippen LogP contribution is -2.46. The van der Waals surface area contributed by atoms with Crippen molar-refractivity contribution < 1.29 is 19.1 Å². The maximum Gasteiger partial charge on any atom is 0.338 e. The number of nitrogens with zero attached hydrogens (tertiary/aromatic N) is 2. The number of thiophene rings is 1. The average molecular weight is 457 g/mol. The molecule has 1 aliphatic rings. The molecule has 3 heterocycles. The molecule has 160 valence electrons. The molecule has 0 bridgehead atoms. The summed E-state index contributed by atoms with van der Waals surface area (Å²) < 4.78 is 5.24. The minimum absolute atomic E-state index is 0.172. The normalized spacial score (nSPS) is 15.7. The summed E-state index contributed by atoms with van der Waals surface area (Å²) in [5, 5.41) is 17.2. The summed E-state index contributed by atoms with van der Waals surface area (Å²) in [5.74, 6) is -0.514. The second-order valence-corrected chi connectivity index (χ2v) is 8.53. The van der Waals surface area contributed by atoms with Crippen molar-refractivity contribution >= 4 is 40.9 Å². The number of nitrogens with one attached hydrogen (secondary N) is 2. The maximum atomic E-state index is 12.7. The highest BCUT2D eigenvalue weighted by Crippen LogP contribution is 2.33. The summed E-state index contributed by atoms with van der Waals surface area (Å²) in [6.07, 6.45) is 0. The number of esters is 1. The molecule has 3 rings (SSSR count). The molecule has 0 spiro atoms. The largest absolute Gasteiger partial charge is 0.463 e. The average Bonchev–Trinajstić information content (AvgIpc) is 3.26. The van der Waals surface area contributed by atoms with Crippen molar-refractivity contribution in [2.24, 2.45) is 0 Å². The van der Waals surface area contributed by atoms with Gasteiger partial charge in [0.05, 0.1) is 23.8 Å². The number of urea groups is 1. The third-order valence-corrected chi connectivity index (χ3v) is 6.46. The molecule has 2 amide bonds. The first-order valence-corrected chi connectivity index (χ1v) is 11.3. The van der Waals surface area contributed by atoms with Crippen LogP contribution in [0.2, 0.25) is 0 Å². The first-order valence-electron chi connectivity index (χ1n) is 9.42. The monoisotopic (exact) mass is 456 g/mol. The number of thioether (sulfide) groups is 1. The van der Waals surface area contributed by atoms with Gasteiger partial charge in [0.1, 0.15) is 11.1 Å². The molecule has 1 unspecified atom stereocenters. The first kappa shape index (κ1) is 22.5. The van der Waals surface area contributed by atoms with E-state index in [0.29, 0.717) is 27.6 Å². The number of pyridine rings is 1. The number of hydrogen-bond donors (Lipinski definition) is 2. The van der Waals surface area contributed by atoms with E-state index in [4.69, 9.17) is 4.74 Å². The third-order valence-electron chi connectivity index (χ3n) is 4.51. The highest BCUT2D eigenvalue weighted by molar-refractivity contribution is 7.99. The van der Waals surface area contributed by atoms with Gasteiger partial charge < -0.3 is 15.4 Å². The minimum Gasteiger partial charge on any atom is -0.463 e. The van der Waals surface area contributed by atoms with Crippen LogP contribution in [0.15, 0.2) is 39.9 Å². The molecule has 0 saturated carbocycles. The molecule has 0 aliphatic carbocycles. The smallest absolute Gasteiger partial charge is 0.338 e. The summed E-state index contributed by atoms with van der Waals surface area (Å²) in [7, 11) is 0. The molecule has 2 N–H and O–H groups in total. The van der Waals surface area contributed by atoms with Crippen molar-refractivity contribution in [2.45, 2.75) is 31.8 Å². The van der Waals surface area contributed by atoms with Gasteiger partial charge >= 0.3 is 12.0 Å². The fourth-order valence-corrected chi connectivity index (χ4v) is 4.88. The van der Waals surface area contributed by atoms with Crippen molar-refractivity contribution in [2.75, 3.05) is 12.4 Å². The number of amides is 2. The molecule has 31 heavy (non-hydrogen) atoms. The molecule has 2 aromatic heterocycles. The van der Waals surface area contributed by atoms with Crippen LogP contribution in [0, 0.1) is 18.3 Å². The molecule has 0 fully saturated rings. The number of nitriles is 1. The quantitative estimate of drug-likeness (QED) is 0.372. The summed E-state index contributed by atoms with van der Waals surface area (Å²) in [4.78, 5) is 42.0. The molecule has 1 atom stereocenters. The predicted octanol–water partition coefficient (Wildman–Crippen LogP) is 3.49. The molecule has 0 radical (unpaired) electrons. The van der Waals surface area contributed by atoms with Crippen LogP contribution in [0.5, 0.6) is 0 Å². The molecule has 2 aromatic rings. The summed E-state index contributed by atoms with van der Waals surface area (Å²) in [5.41, 5.74) is 1.87. The van der Waals surface area contributed by atoms with Gasteiger partial charge in [-0.25, -0.2) is 14.6 Å². The van der Waals surface area contributed by atoms with E-state index in [1.165, 1.54) is 36.1 Å². The number of hydrogen-bond acceptors (Lipinski definition) is 8. The van der Waals surface area contributed by atoms with Gasteiger partial charge in [0.15, 0.2) is 5.78 Å². The van der Waals surface area contributed by atoms with Gasteiger partial charge in [0, 0.05) is 27.6 Å². The molecular weight excluding hydrogens is 436 g/mol. The van der Waals surface area contributed by atoms with Gasteiger partial charge in [-0.05, 0) is 38.3 Å². The van der Waals surface area contributed by atoms with Crippen LogP contribution in [-0.4, -0.2) is 35.1 Å². The Labute approximate surface area is 187 Å². The second kappa shape index (κ2) is 9.76. The van der Waals surface area contributed by atoms with Crippen molar-refractivity contribution in [3.05, 3.63) is 56.5 Å². The zero-order chi connectivity index (χ0) is 22.5. The van der Waals surface area contributed by atoms with Crippen LogP contribution >= 0.6 is 23.1 Å². The molecule has 0 aromatic carbocycles. The van der Waals surface area contributed by atoms with Crippen molar-refractivity contribution in [1.82, 2.24) is 15.6 Å². The van der Waals surface area contributed by atoms with E-state index in [1.807, 2.05) is 17.5 Å². The zero-order valence-electron chi connectivity index (χ0n) is 17.1. The Kier molecular flexibility index (Phi) is 7.09. The lowest BCUT2D eigenvalue weighted by atomic mass is 10.0. The highest BCUT2D eigenvalue weighted by Gasteiger charge is 2.34. The Hall–Kier alpha value is -3.16. The molecule has 1 aliphatic heterocycles. The zero-order valence-corrected chi connectivity index (χ0v) is 18.8. The lowest BCUT2D eigenvalue weighted by molar-refractivity contribution is -0.139. The molecule has 0 saturated heterocycles. The van der Waals surface area contributed by atoms with Crippen molar-refractivity contribution in [1.29, 1.82) is 5.26 Å². The Morgan fingerprint density at radius 1 is 1.42 bits per heavy atom. The SMILES string of the molecule is CCOC(=O)C1=C(CSc2nc(C)c(C(C)=O)cc2C#N)NC(=O)NC1c1cccs1. The van der Waals surface area contributed by atoms with Gasteiger partial charge in [0.2, 0.25) is 0 Å². The fourth-order valence-electron chi connectivity index (χ4n) is 3.12. The van der Waals surface area contributed by atoms with Crippen molar-refractivity contribution in [3.63, 3.8) is 0 Å². The van der Waals surface area contributed by atoms with Crippen LogP contribution in [0.3, 0.4) is 0 Å². The number of ketones is 1. The molecular formula is C21H20N4O4S2. The fraction of sp³-hybridized carbons (Fsp3) is 0.286. The number of carbonyl (C=O) groups is 3. The van der Waals surface area contributed by atoms with E-state index in [2.05, 4.69) is 21.7 Å². The van der Waals surface area contributed by atoms with Crippen LogP contribution in [0.4, 0.5) is 4.79 Å². The van der Waals surface area contributed by atoms with Crippen LogP contribution in [-0.2, 0) is 9.53 Å². The summed E-state index contributed by atoms with van der Waals surface area (Å²) in [6, 6.07) is 6.19. The summed E-state index contributed by atoms with van der Waals surface area (Å²) >= 11 is 2.62. The second-order valence-electron chi connectivity index (χ2n) is 6.59. The van der Waals surface area contributed by atoms with E-state index in [0.717, 1.165) is 4.88 Å². The minimum atomic E-state index is -0.631. The van der Waals surface area contributed by atoms with E-state index in [9.17, 15) is 19.6 Å². The lowest BCUT2D eigenvalue weighted by Gasteiger charge is -2.28. The van der Waals surface area contributed by atoms with E-state index in [1.54, 1.807) is 13.8 Å². The maximum absolute atomic E-state index is 12.7. The van der Waals surface area contributed by atoms with Gasteiger partial charge in [-0.1, -0.05) is 17.8 Å². The van der Waals surface area contributed by atoms with Crippen LogP contribution in [0.25, 0.3) is 0 Å². The molecule has 8 nitrogen and oxygen atoms in total. The number of carbonyl (C=O) groups excluding carboxylic acids is 3. The third kappa shape index (κ3) is 4.95. The summed E-state index contributed by atoms with van der Waals surface area (Å²) in [6.45, 7) is 5.03. The van der Waals surface area contributed by atoms with E-state index in [-0.39, 0.29) is 23.7 Å². The topological polar surface area (TPSA) is 121 Å². The standard InChI is InChI=1S/C21H20N4O4S2/c1-4-29-20(27)17-15(24-21(28)25-18(17)16-6-5-7-30-16)10-31-19-13(9-22)8-14(12(3)26)11(2)23-19/h5-8,18H,4,10H2,1-3H3,(H2,24,25,28). The van der Waals surface area contributed by atoms with E-state index >= 15 is 0 Å². The predicted molar refractivity (Wildman–Crippen MR) is 117 cm³/mol. The Morgan fingerprint density at radius 2 is 2.19 bits per heavy atom. The Bertz CT molecular complexity index is 1100. The number of aromatic nitrogens is 1. The number of rotatable bonds is 7. The van der Waals surface area contributed by atoms with Crippen LogP contribution < -0.4 is 10.6 Å². The Morgan fingerprint density at radius 3 is 2.81 bits per heavy atom. The van der Waals surface area contributed by atoms with Crippen LogP contribution in [0.1, 0.15) is 46.4 Å². The highest BCUT2D eigenvalue weighted by atomic mass is 32.2. The molecule has 10 heteroatoms. The Balaban J connectivity index is 1.98. The first-order chi connectivity index (χ1) is 14.8. The number of aryl methyl sites for hydroxylation is 1. The van der Waals surface area contributed by atoms with E-state index < -0.39 is 18.0 Å². The van der Waals surface area contributed by atoms with Gasteiger partial charge in [0.25, 0.3) is 0 Å².